The fourth-order valence-electron chi connectivity index (χ4n) is 4.23. The van der Waals surface area contributed by atoms with Gasteiger partial charge in [-0.2, -0.15) is 0 Å². The number of ether oxygens (including phenoxy) is 1. The third kappa shape index (κ3) is 3.96. The van der Waals surface area contributed by atoms with Crippen molar-refractivity contribution in [3.8, 4) is 11.1 Å². The molecule has 4 nitrogen and oxygen atoms in total. The molecule has 0 aromatic heterocycles. The standard InChI is InChI=1S/C26H27NO3/c1-20(21-12-14-23(15-13-21)22-8-4-2-5-9-22)27-18-16-26(17-19-28,30-25(27)29)24-10-6-3-7-11-24/h2-15,20,28H,16-19H2,1H3/t20-,26?/m0/s1. The summed E-state index contributed by atoms with van der Waals surface area (Å²) in [5, 5.41) is 9.60. The Kier molecular flexibility index (Phi) is 5.86. The molecule has 1 aliphatic heterocycles. The van der Waals surface area contributed by atoms with Gasteiger partial charge in [-0.25, -0.2) is 4.79 Å². The van der Waals surface area contributed by atoms with Crippen molar-refractivity contribution >= 4 is 6.09 Å². The molecule has 1 fully saturated rings. The third-order valence-corrected chi connectivity index (χ3v) is 6.06. The summed E-state index contributed by atoms with van der Waals surface area (Å²) in [7, 11) is 0. The van der Waals surface area contributed by atoms with E-state index in [1.165, 1.54) is 5.56 Å². The lowest BCUT2D eigenvalue weighted by Gasteiger charge is -2.43. The summed E-state index contributed by atoms with van der Waals surface area (Å²) < 4.78 is 5.98. The summed E-state index contributed by atoms with van der Waals surface area (Å²) in [6, 6.07) is 28.2. The zero-order valence-corrected chi connectivity index (χ0v) is 17.2. The van der Waals surface area contributed by atoms with E-state index < -0.39 is 5.60 Å². The molecule has 3 aromatic rings. The van der Waals surface area contributed by atoms with Crippen LogP contribution in [-0.4, -0.2) is 29.3 Å². The first-order valence-electron chi connectivity index (χ1n) is 10.4. The van der Waals surface area contributed by atoms with Crippen LogP contribution in [0.4, 0.5) is 4.79 Å². The molecule has 0 radical (unpaired) electrons. The van der Waals surface area contributed by atoms with Gasteiger partial charge in [-0.1, -0.05) is 84.9 Å². The fraction of sp³-hybridized carbons (Fsp3) is 0.269. The smallest absolute Gasteiger partial charge is 0.411 e. The maximum atomic E-state index is 13.0. The first-order valence-corrected chi connectivity index (χ1v) is 10.4. The number of hydrogen-bond donors (Lipinski definition) is 1. The van der Waals surface area contributed by atoms with E-state index in [0.29, 0.717) is 19.4 Å². The van der Waals surface area contributed by atoms with Crippen LogP contribution in [0, 0.1) is 0 Å². The van der Waals surface area contributed by atoms with Crippen LogP contribution in [0.5, 0.6) is 0 Å². The van der Waals surface area contributed by atoms with E-state index in [-0.39, 0.29) is 18.7 Å². The van der Waals surface area contributed by atoms with Crippen molar-refractivity contribution in [3.05, 3.63) is 96.1 Å². The number of cyclic esters (lactones) is 1. The zero-order chi connectivity index (χ0) is 21.0. The van der Waals surface area contributed by atoms with Crippen molar-refractivity contribution in [2.75, 3.05) is 13.2 Å². The second-order valence-corrected chi connectivity index (χ2v) is 7.81. The summed E-state index contributed by atoms with van der Waals surface area (Å²) in [4.78, 5) is 14.8. The van der Waals surface area contributed by atoms with Gasteiger partial charge < -0.3 is 14.7 Å². The Hall–Kier alpha value is -3.11. The lowest BCUT2D eigenvalue weighted by Crippen LogP contribution is -2.49. The minimum absolute atomic E-state index is 0.0291. The number of carbonyl (C=O) groups is 1. The number of nitrogens with zero attached hydrogens (tertiary/aromatic N) is 1. The van der Waals surface area contributed by atoms with E-state index in [1.54, 1.807) is 4.90 Å². The molecule has 0 aliphatic carbocycles. The Morgan fingerprint density at radius 2 is 1.53 bits per heavy atom. The lowest BCUT2D eigenvalue weighted by molar-refractivity contribution is -0.0718. The van der Waals surface area contributed by atoms with Crippen molar-refractivity contribution in [2.24, 2.45) is 0 Å². The van der Waals surface area contributed by atoms with Gasteiger partial charge in [-0.15, -0.1) is 0 Å². The minimum atomic E-state index is -0.763. The molecule has 1 unspecified atom stereocenters. The molecule has 30 heavy (non-hydrogen) atoms. The summed E-state index contributed by atoms with van der Waals surface area (Å²) in [5.74, 6) is 0. The SMILES string of the molecule is C[C@@H](c1ccc(-c2ccccc2)cc1)N1CCC(CCO)(c2ccccc2)OC1=O. The van der Waals surface area contributed by atoms with Gasteiger partial charge in [0.25, 0.3) is 0 Å². The molecule has 154 valence electrons. The molecule has 2 atom stereocenters. The van der Waals surface area contributed by atoms with E-state index in [4.69, 9.17) is 4.74 Å². The minimum Gasteiger partial charge on any atom is -0.438 e. The number of rotatable bonds is 6. The number of hydrogen-bond acceptors (Lipinski definition) is 3. The number of aliphatic hydroxyl groups excluding tert-OH is 1. The number of benzene rings is 3. The van der Waals surface area contributed by atoms with E-state index in [2.05, 4.69) is 36.4 Å². The normalized spacial score (nSPS) is 19.9. The largest absolute Gasteiger partial charge is 0.438 e. The molecule has 1 saturated heterocycles. The van der Waals surface area contributed by atoms with Crippen LogP contribution in [0.3, 0.4) is 0 Å². The molecule has 0 saturated carbocycles. The molecule has 1 N–H and O–H groups in total. The predicted molar refractivity (Wildman–Crippen MR) is 118 cm³/mol. The molecule has 1 amide bonds. The van der Waals surface area contributed by atoms with Gasteiger partial charge in [0.05, 0.1) is 6.04 Å². The number of aliphatic hydroxyl groups is 1. The van der Waals surface area contributed by atoms with Crippen LogP contribution in [0.2, 0.25) is 0 Å². The monoisotopic (exact) mass is 401 g/mol. The molecular weight excluding hydrogens is 374 g/mol. The zero-order valence-electron chi connectivity index (χ0n) is 17.2. The van der Waals surface area contributed by atoms with E-state index in [9.17, 15) is 9.90 Å². The third-order valence-electron chi connectivity index (χ3n) is 6.06. The molecule has 3 aromatic carbocycles. The molecular formula is C26H27NO3. The summed E-state index contributed by atoms with van der Waals surface area (Å²) >= 11 is 0. The first-order chi connectivity index (χ1) is 14.6. The topological polar surface area (TPSA) is 49.8 Å². The average molecular weight is 402 g/mol. The quantitative estimate of drug-likeness (QED) is 0.590. The average Bonchev–Trinajstić information content (AvgIpc) is 2.80. The molecule has 4 heteroatoms. The number of carbonyl (C=O) groups excluding carboxylic acids is 1. The molecule has 1 heterocycles. The maximum Gasteiger partial charge on any atom is 0.411 e. The van der Waals surface area contributed by atoms with Crippen LogP contribution < -0.4 is 0 Å². The maximum absolute atomic E-state index is 13.0. The highest BCUT2D eigenvalue weighted by atomic mass is 16.6. The van der Waals surface area contributed by atoms with Crippen molar-refractivity contribution in [2.45, 2.75) is 31.4 Å². The van der Waals surface area contributed by atoms with Crippen LogP contribution in [-0.2, 0) is 10.3 Å². The Morgan fingerprint density at radius 3 is 2.13 bits per heavy atom. The van der Waals surface area contributed by atoms with Gasteiger partial charge in [-0.3, -0.25) is 0 Å². The molecule has 0 spiro atoms. The highest BCUT2D eigenvalue weighted by Gasteiger charge is 2.43. The predicted octanol–water partition coefficient (Wildman–Crippen LogP) is 5.53. The van der Waals surface area contributed by atoms with Gasteiger partial charge in [-0.05, 0) is 29.2 Å². The molecule has 4 rings (SSSR count). The fourth-order valence-corrected chi connectivity index (χ4v) is 4.23. The van der Waals surface area contributed by atoms with Crippen LogP contribution in [0.25, 0.3) is 11.1 Å². The molecule has 0 bridgehead atoms. The number of amides is 1. The first kappa shape index (κ1) is 20.2. The van der Waals surface area contributed by atoms with Crippen molar-refractivity contribution in [1.82, 2.24) is 4.90 Å². The van der Waals surface area contributed by atoms with Gasteiger partial charge in [0.1, 0.15) is 5.60 Å². The molecule has 1 aliphatic rings. The highest BCUT2D eigenvalue weighted by Crippen LogP contribution is 2.39. The highest BCUT2D eigenvalue weighted by molar-refractivity contribution is 5.70. The van der Waals surface area contributed by atoms with Gasteiger partial charge in [0, 0.05) is 26.0 Å². The Labute approximate surface area is 177 Å². The second kappa shape index (κ2) is 8.72. The van der Waals surface area contributed by atoms with Gasteiger partial charge >= 0.3 is 6.09 Å². The Balaban J connectivity index is 1.51. The van der Waals surface area contributed by atoms with Crippen molar-refractivity contribution in [3.63, 3.8) is 0 Å². The van der Waals surface area contributed by atoms with Crippen molar-refractivity contribution < 1.29 is 14.6 Å². The summed E-state index contributed by atoms with van der Waals surface area (Å²) in [5.41, 5.74) is 3.57. The Morgan fingerprint density at radius 1 is 0.933 bits per heavy atom. The van der Waals surface area contributed by atoms with Gasteiger partial charge in [0.2, 0.25) is 0 Å². The second-order valence-electron chi connectivity index (χ2n) is 7.81. The summed E-state index contributed by atoms with van der Waals surface area (Å²) in [6.07, 6.45) is 0.713. The Bertz CT molecular complexity index is 972. The van der Waals surface area contributed by atoms with Crippen molar-refractivity contribution in [1.29, 1.82) is 0 Å². The lowest BCUT2D eigenvalue weighted by atomic mass is 9.85. The van der Waals surface area contributed by atoms with Crippen LogP contribution >= 0.6 is 0 Å². The van der Waals surface area contributed by atoms with E-state index in [0.717, 1.165) is 16.7 Å². The van der Waals surface area contributed by atoms with Crippen LogP contribution in [0.15, 0.2) is 84.9 Å². The van der Waals surface area contributed by atoms with Gasteiger partial charge in [0.15, 0.2) is 0 Å². The summed E-state index contributed by atoms with van der Waals surface area (Å²) in [6.45, 7) is 2.58. The van der Waals surface area contributed by atoms with E-state index >= 15 is 0 Å². The van der Waals surface area contributed by atoms with E-state index in [1.807, 2.05) is 55.5 Å². The van der Waals surface area contributed by atoms with Crippen LogP contribution in [0.1, 0.15) is 36.9 Å².